The van der Waals surface area contributed by atoms with Crippen molar-refractivity contribution in [1.82, 2.24) is 4.72 Å². The average molecular weight is 551 g/mol. The lowest BCUT2D eigenvalue weighted by molar-refractivity contribution is 0.0981. The Kier molecular flexibility index (Phi) is 6.64. The van der Waals surface area contributed by atoms with E-state index in [2.05, 4.69) is 93.2 Å². The minimum Gasteiger partial charge on any atom is -0.377 e. The Labute approximate surface area is 231 Å². The van der Waals surface area contributed by atoms with Crippen LogP contribution in [0.4, 0.5) is 5.69 Å². The lowest BCUT2D eigenvalue weighted by atomic mass is 9.72. The molecule has 200 valence electrons. The maximum absolute atomic E-state index is 13.2. The summed E-state index contributed by atoms with van der Waals surface area (Å²) in [7, 11) is -3.68. The van der Waals surface area contributed by atoms with E-state index < -0.39 is 21.2 Å². The van der Waals surface area contributed by atoms with Crippen LogP contribution in [0.3, 0.4) is 0 Å². The summed E-state index contributed by atoms with van der Waals surface area (Å²) in [5.74, 6) is -0.644. The van der Waals surface area contributed by atoms with Crippen LogP contribution < -0.4 is 10.0 Å². The van der Waals surface area contributed by atoms with Crippen molar-refractivity contribution < 1.29 is 13.2 Å². The molecule has 5 rings (SSSR count). The molecule has 1 aliphatic carbocycles. The highest BCUT2D eigenvalue weighted by molar-refractivity contribution is 7.91. The highest BCUT2D eigenvalue weighted by Crippen LogP contribution is 2.47. The first-order valence-corrected chi connectivity index (χ1v) is 15.0. The number of fused-ring (bicyclic) bond motifs is 1. The van der Waals surface area contributed by atoms with Crippen LogP contribution in [0, 0.1) is 5.41 Å². The minimum absolute atomic E-state index is 0.0920. The zero-order valence-corrected chi connectivity index (χ0v) is 24.1. The molecule has 0 radical (unpaired) electrons. The second-order valence-corrected chi connectivity index (χ2v) is 14.8. The van der Waals surface area contributed by atoms with E-state index in [0.29, 0.717) is 30.0 Å². The van der Waals surface area contributed by atoms with E-state index in [9.17, 15) is 13.2 Å². The van der Waals surface area contributed by atoms with Gasteiger partial charge in [-0.2, -0.15) is 0 Å². The van der Waals surface area contributed by atoms with Gasteiger partial charge in [0.1, 0.15) is 0 Å². The fourth-order valence-corrected chi connectivity index (χ4v) is 6.86. The van der Waals surface area contributed by atoms with Gasteiger partial charge in [0.05, 0.1) is 22.5 Å². The Hall–Kier alpha value is -2.83. The minimum atomic E-state index is -3.68. The molecule has 38 heavy (non-hydrogen) atoms. The number of hydrogen-bond acceptors (Lipinski definition) is 4. The Morgan fingerprint density at radius 1 is 1.00 bits per heavy atom. The van der Waals surface area contributed by atoms with Crippen LogP contribution in [-0.4, -0.2) is 19.6 Å². The molecule has 2 aliphatic rings. The molecule has 1 unspecified atom stereocenters. The fraction of sp³-hybridized carbons (Fsp3) is 0.387. The van der Waals surface area contributed by atoms with Crippen molar-refractivity contribution in [1.29, 1.82) is 0 Å². The Bertz CT molecular complexity index is 1500. The van der Waals surface area contributed by atoms with Gasteiger partial charge in [0, 0.05) is 5.02 Å². The first-order valence-electron chi connectivity index (χ1n) is 13.1. The van der Waals surface area contributed by atoms with Crippen molar-refractivity contribution in [2.75, 3.05) is 5.32 Å². The smallest absolute Gasteiger partial charge is 0.266 e. The van der Waals surface area contributed by atoms with E-state index in [1.807, 2.05) is 6.07 Å². The topological polar surface area (TPSA) is 75.3 Å². The monoisotopic (exact) mass is 550 g/mol. The van der Waals surface area contributed by atoms with Gasteiger partial charge < -0.3 is 5.32 Å². The van der Waals surface area contributed by atoms with E-state index in [1.165, 1.54) is 5.56 Å². The fourth-order valence-electron chi connectivity index (χ4n) is 5.33. The molecule has 3 aromatic carbocycles. The van der Waals surface area contributed by atoms with Crippen molar-refractivity contribution in [2.45, 2.75) is 70.6 Å². The first-order chi connectivity index (χ1) is 17.7. The molecular formula is C31H35ClN2O3S. The molecule has 1 amide bonds. The number of hydrogen-bond donors (Lipinski definition) is 2. The van der Waals surface area contributed by atoms with E-state index in [4.69, 9.17) is 11.6 Å². The maximum Gasteiger partial charge on any atom is 0.266 e. The number of halogens is 1. The number of rotatable bonds is 5. The molecule has 3 aromatic rings. The molecule has 1 aliphatic heterocycles. The number of nitrogens with one attached hydrogen (secondary N) is 2. The summed E-state index contributed by atoms with van der Waals surface area (Å²) >= 11 is 6.39. The van der Waals surface area contributed by atoms with Gasteiger partial charge in [0.15, 0.2) is 0 Å². The summed E-state index contributed by atoms with van der Waals surface area (Å²) in [4.78, 5) is 13.2. The van der Waals surface area contributed by atoms with Crippen LogP contribution in [0.15, 0.2) is 60.7 Å². The van der Waals surface area contributed by atoms with Crippen LogP contribution in [-0.2, 0) is 21.9 Å². The summed E-state index contributed by atoms with van der Waals surface area (Å²) in [6.45, 7) is 11.0. The number of carbonyl (C=O) groups excluding carboxylic acids is 1. The normalized spacial score (nSPS) is 18.8. The predicted octanol–water partition coefficient (Wildman–Crippen LogP) is 7.26. The first kappa shape index (κ1) is 26.8. The number of sulfonamides is 1. The average Bonchev–Trinajstić information content (AvgIpc) is 3.68. The van der Waals surface area contributed by atoms with Crippen LogP contribution >= 0.6 is 11.6 Å². The summed E-state index contributed by atoms with van der Waals surface area (Å²) in [5, 5.41) is 3.53. The molecule has 0 spiro atoms. The largest absolute Gasteiger partial charge is 0.377 e. The predicted molar refractivity (Wildman–Crippen MR) is 155 cm³/mol. The second kappa shape index (κ2) is 9.42. The van der Waals surface area contributed by atoms with Crippen LogP contribution in [0.1, 0.15) is 80.6 Å². The van der Waals surface area contributed by atoms with E-state index in [0.717, 1.165) is 22.3 Å². The third-order valence-corrected chi connectivity index (χ3v) is 9.69. The highest BCUT2D eigenvalue weighted by Gasteiger charge is 2.40. The van der Waals surface area contributed by atoms with Crippen molar-refractivity contribution in [3.05, 3.63) is 87.9 Å². The van der Waals surface area contributed by atoms with Crippen LogP contribution in [0.2, 0.25) is 5.02 Å². The molecule has 1 saturated carbocycles. The van der Waals surface area contributed by atoms with Gasteiger partial charge in [-0.1, -0.05) is 88.7 Å². The summed E-state index contributed by atoms with van der Waals surface area (Å²) < 4.78 is 27.2. The quantitative estimate of drug-likeness (QED) is 0.350. The summed E-state index contributed by atoms with van der Waals surface area (Å²) in [5.41, 5.74) is 6.36. The lowest BCUT2D eigenvalue weighted by Gasteiger charge is -2.42. The molecular weight excluding hydrogens is 516 g/mol. The lowest BCUT2D eigenvalue weighted by Crippen LogP contribution is -2.38. The molecule has 7 heteroatoms. The zero-order valence-electron chi connectivity index (χ0n) is 22.6. The van der Waals surface area contributed by atoms with E-state index in [1.54, 1.807) is 6.07 Å². The molecule has 2 N–H and O–H groups in total. The number of amides is 1. The van der Waals surface area contributed by atoms with E-state index >= 15 is 0 Å². The number of benzene rings is 3. The van der Waals surface area contributed by atoms with Crippen LogP contribution in [0.25, 0.3) is 11.1 Å². The Balaban J connectivity index is 1.49. The van der Waals surface area contributed by atoms with Crippen molar-refractivity contribution in [3.63, 3.8) is 0 Å². The SMILES string of the molecule is CC(C)(C)c1ccc(-c2cccc(C3Nc4c(cc(Cl)cc4C(=O)NS(=O)(=O)C4CC4)CC3(C)C)c2)cc1. The molecule has 0 aromatic heterocycles. The molecule has 1 heterocycles. The van der Waals surface area contributed by atoms with Gasteiger partial charge in [-0.15, -0.1) is 0 Å². The number of carbonyl (C=O) groups is 1. The van der Waals surface area contributed by atoms with Gasteiger partial charge in [-0.3, -0.25) is 4.79 Å². The van der Waals surface area contributed by atoms with E-state index in [-0.39, 0.29) is 22.4 Å². The van der Waals surface area contributed by atoms with Gasteiger partial charge in [0.2, 0.25) is 10.0 Å². The molecule has 0 saturated heterocycles. The number of anilines is 1. The van der Waals surface area contributed by atoms with Crippen LogP contribution in [0.5, 0.6) is 0 Å². The molecule has 1 fully saturated rings. The third kappa shape index (κ3) is 5.34. The standard InChI is InChI=1S/C31H35ClN2O3S/c1-30(2,3)23-11-9-19(10-12-23)20-7-6-8-21(15-20)28-31(4,5)18-22-16-24(32)17-26(27(22)33-28)29(35)34-38(36,37)25-13-14-25/h6-12,15-17,25,28,33H,13-14,18H2,1-5H3,(H,34,35). The van der Waals surface area contributed by atoms with Crippen molar-refractivity contribution in [3.8, 4) is 11.1 Å². The van der Waals surface area contributed by atoms with Gasteiger partial charge in [-0.05, 0) is 76.1 Å². The molecule has 1 atom stereocenters. The molecule has 5 nitrogen and oxygen atoms in total. The highest BCUT2D eigenvalue weighted by atomic mass is 35.5. The summed E-state index contributed by atoms with van der Waals surface area (Å²) in [6.07, 6.45) is 1.85. The molecule has 0 bridgehead atoms. The second-order valence-electron chi connectivity index (χ2n) is 12.4. The van der Waals surface area contributed by atoms with Crippen molar-refractivity contribution >= 4 is 33.2 Å². The van der Waals surface area contributed by atoms with Gasteiger partial charge >= 0.3 is 0 Å². The third-order valence-electron chi connectivity index (χ3n) is 7.65. The van der Waals surface area contributed by atoms with Gasteiger partial charge in [-0.25, -0.2) is 13.1 Å². The zero-order chi connectivity index (χ0) is 27.5. The Morgan fingerprint density at radius 3 is 2.32 bits per heavy atom. The Morgan fingerprint density at radius 2 is 1.68 bits per heavy atom. The maximum atomic E-state index is 13.2. The van der Waals surface area contributed by atoms with Gasteiger partial charge in [0.25, 0.3) is 5.91 Å². The summed E-state index contributed by atoms with van der Waals surface area (Å²) in [6, 6.07) is 20.5. The van der Waals surface area contributed by atoms with Crippen molar-refractivity contribution in [2.24, 2.45) is 5.41 Å².